The molecule has 0 radical (unpaired) electrons. The first-order chi connectivity index (χ1) is 8.68. The number of nitrogens with zero attached hydrogens (tertiary/aromatic N) is 1. The van der Waals surface area contributed by atoms with Gasteiger partial charge in [0.1, 0.15) is 5.69 Å². The summed E-state index contributed by atoms with van der Waals surface area (Å²) in [5.74, 6) is -0.517. The van der Waals surface area contributed by atoms with Gasteiger partial charge in [-0.3, -0.25) is 0 Å². The molecule has 0 spiro atoms. The number of rotatable bonds is 1. The van der Waals surface area contributed by atoms with Crippen LogP contribution in [0.4, 0.5) is 8.87 Å². The third-order valence-corrected chi connectivity index (χ3v) is 3.08. The summed E-state index contributed by atoms with van der Waals surface area (Å²) in [4.78, 5) is 0.412. The summed E-state index contributed by atoms with van der Waals surface area (Å²) in [5, 5.41) is 0.301. The van der Waals surface area contributed by atoms with Crippen LogP contribution >= 0.6 is 0 Å². The number of hydrogen-bond donors (Lipinski definition) is 0. The van der Waals surface area contributed by atoms with E-state index in [-0.39, 0.29) is 11.2 Å². The maximum Gasteiger partial charge on any atom is 0.159 e. The van der Waals surface area contributed by atoms with Crippen LogP contribution in [0.1, 0.15) is 5.56 Å². The van der Waals surface area contributed by atoms with Gasteiger partial charge in [-0.1, -0.05) is 46.4 Å². The largest absolute Gasteiger partial charge is 0.204 e. The van der Waals surface area contributed by atoms with Crippen LogP contribution in [0.3, 0.4) is 0 Å². The molecule has 0 aliphatic carbocycles. The van der Waals surface area contributed by atoms with E-state index in [1.54, 1.807) is 36.4 Å². The number of halogens is 2. The molecule has 90 valence electrons. The average molecular weight is 243 g/mol. The number of benzene rings is 2. The summed E-state index contributed by atoms with van der Waals surface area (Å²) >= 11 is 0. The number of fused-ring (bicyclic) bond motifs is 1. The molecule has 0 fully saturated rings. The quantitative estimate of drug-likeness (QED) is 0.593. The predicted molar refractivity (Wildman–Crippen MR) is 68.6 cm³/mol. The summed E-state index contributed by atoms with van der Waals surface area (Å²) in [5.41, 5.74) is 1.83. The van der Waals surface area contributed by atoms with Crippen molar-refractivity contribution >= 4 is 10.9 Å². The number of aryl methyl sites for hydroxylation is 1. The van der Waals surface area contributed by atoms with Crippen LogP contribution in [-0.4, -0.2) is 4.79 Å². The van der Waals surface area contributed by atoms with Gasteiger partial charge in [0, 0.05) is 10.9 Å². The van der Waals surface area contributed by atoms with E-state index in [2.05, 4.69) is 0 Å². The molecule has 1 aromatic heterocycles. The van der Waals surface area contributed by atoms with Crippen LogP contribution in [0.15, 0.2) is 48.5 Å². The average Bonchev–Trinajstić information content (AvgIpc) is 2.64. The van der Waals surface area contributed by atoms with Crippen LogP contribution in [0.25, 0.3) is 22.2 Å². The van der Waals surface area contributed by atoms with Gasteiger partial charge < -0.3 is 0 Å². The molecule has 0 N–H and O–H groups in total. The molecular formula is C15H11F2N. The first kappa shape index (κ1) is 11.0. The fourth-order valence-electron chi connectivity index (χ4n) is 2.12. The first-order valence-corrected chi connectivity index (χ1v) is 5.70. The Kier molecular flexibility index (Phi) is 2.40. The Hall–Kier alpha value is -2.16. The van der Waals surface area contributed by atoms with E-state index >= 15 is 0 Å². The van der Waals surface area contributed by atoms with Gasteiger partial charge in [0.2, 0.25) is 0 Å². The van der Waals surface area contributed by atoms with E-state index in [0.29, 0.717) is 15.7 Å². The van der Waals surface area contributed by atoms with Crippen molar-refractivity contribution in [3.63, 3.8) is 0 Å². The van der Waals surface area contributed by atoms with Crippen molar-refractivity contribution in [3.05, 3.63) is 59.9 Å². The number of para-hydroxylation sites is 1. The number of aromatic nitrogens is 1. The number of hydrogen-bond acceptors (Lipinski definition) is 0. The lowest BCUT2D eigenvalue weighted by Gasteiger charge is -2.01. The third kappa shape index (κ3) is 1.51. The van der Waals surface area contributed by atoms with Gasteiger partial charge >= 0.3 is 0 Å². The normalized spacial score (nSPS) is 11.1. The molecule has 3 heteroatoms. The molecule has 0 bridgehead atoms. The van der Waals surface area contributed by atoms with E-state index < -0.39 is 5.82 Å². The molecular weight excluding hydrogens is 232 g/mol. The molecule has 1 heterocycles. The minimum absolute atomic E-state index is 0.0174. The summed E-state index contributed by atoms with van der Waals surface area (Å²) in [6.45, 7) is 1.94. The molecule has 3 aromatic rings. The zero-order valence-corrected chi connectivity index (χ0v) is 9.82. The van der Waals surface area contributed by atoms with Crippen LogP contribution in [0.5, 0.6) is 0 Å². The molecule has 0 amide bonds. The summed E-state index contributed by atoms with van der Waals surface area (Å²) in [6.07, 6.45) is 0. The first-order valence-electron chi connectivity index (χ1n) is 5.70. The van der Waals surface area contributed by atoms with E-state index in [1.165, 1.54) is 0 Å². The van der Waals surface area contributed by atoms with Gasteiger partial charge in [-0.05, 0) is 19.1 Å². The van der Waals surface area contributed by atoms with E-state index in [1.807, 2.05) is 19.1 Å². The Labute approximate surface area is 103 Å². The Bertz CT molecular complexity index is 672. The molecule has 0 saturated heterocycles. The highest BCUT2D eigenvalue weighted by Crippen LogP contribution is 2.32. The second-order valence-electron chi connectivity index (χ2n) is 4.33. The van der Waals surface area contributed by atoms with Crippen molar-refractivity contribution in [2.45, 2.75) is 6.92 Å². The van der Waals surface area contributed by atoms with Crippen molar-refractivity contribution in [1.29, 1.82) is 0 Å². The van der Waals surface area contributed by atoms with Crippen molar-refractivity contribution < 1.29 is 8.87 Å². The molecule has 0 atom stereocenters. The van der Waals surface area contributed by atoms with Gasteiger partial charge in [0.25, 0.3) is 0 Å². The van der Waals surface area contributed by atoms with Gasteiger partial charge in [0.15, 0.2) is 5.82 Å². The van der Waals surface area contributed by atoms with Crippen molar-refractivity contribution in [1.82, 2.24) is 4.79 Å². The van der Waals surface area contributed by atoms with Crippen molar-refractivity contribution in [2.75, 3.05) is 0 Å². The van der Waals surface area contributed by atoms with E-state index in [9.17, 15) is 8.87 Å². The SMILES string of the molecule is Cc1ccc(-c2c(F)c3ccccc3n2F)cc1. The molecule has 0 aliphatic rings. The summed E-state index contributed by atoms with van der Waals surface area (Å²) in [7, 11) is 0. The maximum atomic E-state index is 14.2. The van der Waals surface area contributed by atoms with Gasteiger partial charge in [0.05, 0.1) is 5.52 Å². The van der Waals surface area contributed by atoms with Crippen molar-refractivity contribution in [3.8, 4) is 11.3 Å². The van der Waals surface area contributed by atoms with Crippen LogP contribution in [0, 0.1) is 12.7 Å². The van der Waals surface area contributed by atoms with Crippen LogP contribution < -0.4 is 0 Å². The van der Waals surface area contributed by atoms with Crippen LogP contribution in [0.2, 0.25) is 0 Å². The van der Waals surface area contributed by atoms with Gasteiger partial charge in [-0.15, -0.1) is 0 Å². The lowest BCUT2D eigenvalue weighted by molar-refractivity contribution is 0.389. The molecule has 3 rings (SSSR count). The second-order valence-corrected chi connectivity index (χ2v) is 4.33. The Morgan fingerprint density at radius 1 is 0.944 bits per heavy atom. The molecule has 0 saturated carbocycles. The Balaban J connectivity index is 2.32. The molecule has 2 aromatic carbocycles. The highest BCUT2D eigenvalue weighted by Gasteiger charge is 2.18. The predicted octanol–water partition coefficient (Wildman–Crippen LogP) is 4.49. The van der Waals surface area contributed by atoms with E-state index in [4.69, 9.17) is 0 Å². The minimum Gasteiger partial charge on any atom is -0.204 e. The Morgan fingerprint density at radius 3 is 2.28 bits per heavy atom. The zero-order valence-electron chi connectivity index (χ0n) is 9.82. The lowest BCUT2D eigenvalue weighted by atomic mass is 10.1. The molecule has 18 heavy (non-hydrogen) atoms. The Morgan fingerprint density at radius 2 is 1.61 bits per heavy atom. The minimum atomic E-state index is -0.517. The highest BCUT2D eigenvalue weighted by molar-refractivity contribution is 5.87. The van der Waals surface area contributed by atoms with Crippen molar-refractivity contribution in [2.24, 2.45) is 0 Å². The smallest absolute Gasteiger partial charge is 0.159 e. The summed E-state index contributed by atoms with van der Waals surface area (Å²) < 4.78 is 28.4. The topological polar surface area (TPSA) is 4.93 Å². The van der Waals surface area contributed by atoms with Gasteiger partial charge in [-0.25, -0.2) is 4.39 Å². The fraction of sp³-hybridized carbons (Fsp3) is 0.0667. The summed E-state index contributed by atoms with van der Waals surface area (Å²) in [6, 6.07) is 13.7. The fourth-order valence-corrected chi connectivity index (χ4v) is 2.12. The molecule has 0 aliphatic heterocycles. The monoisotopic (exact) mass is 243 g/mol. The van der Waals surface area contributed by atoms with Gasteiger partial charge in [-0.2, -0.15) is 4.79 Å². The second kappa shape index (κ2) is 3.95. The maximum absolute atomic E-state index is 14.2. The third-order valence-electron chi connectivity index (χ3n) is 3.08. The molecule has 1 nitrogen and oxygen atoms in total. The molecule has 0 unspecified atom stereocenters. The standard InChI is InChI=1S/C15H11F2N/c1-10-6-8-11(9-7-10)15-14(16)12-4-2-3-5-13(12)18(15)17/h2-9H,1H3. The lowest BCUT2D eigenvalue weighted by Crippen LogP contribution is -1.88. The van der Waals surface area contributed by atoms with Crippen LogP contribution in [-0.2, 0) is 0 Å². The zero-order chi connectivity index (χ0) is 12.7. The van der Waals surface area contributed by atoms with E-state index in [0.717, 1.165) is 5.56 Å². The highest BCUT2D eigenvalue weighted by atomic mass is 19.2.